The van der Waals surface area contributed by atoms with Crippen molar-refractivity contribution in [3.8, 4) is 5.75 Å². The second-order valence-electron chi connectivity index (χ2n) is 7.66. The van der Waals surface area contributed by atoms with Gasteiger partial charge in [-0.1, -0.05) is 25.5 Å². The van der Waals surface area contributed by atoms with Gasteiger partial charge in [0.1, 0.15) is 5.75 Å². The molecule has 3 N–H and O–H groups in total. The first-order valence-electron chi connectivity index (χ1n) is 10.0. The molecule has 3 unspecified atom stereocenters. The molecule has 3 rings (SSSR count). The Morgan fingerprint density at radius 2 is 2.00 bits per heavy atom. The molecule has 0 bridgehead atoms. The molecule has 1 saturated heterocycles. The van der Waals surface area contributed by atoms with Gasteiger partial charge in [-0.25, -0.2) is 0 Å². The second kappa shape index (κ2) is 10.1. The van der Waals surface area contributed by atoms with Gasteiger partial charge in [-0.05, 0) is 42.9 Å². The summed E-state index contributed by atoms with van der Waals surface area (Å²) in [4.78, 5) is 27.6. The fourth-order valence-electron chi connectivity index (χ4n) is 3.99. The summed E-state index contributed by atoms with van der Waals surface area (Å²) >= 11 is 0. The molecular weight excluding hydrogens is 378 g/mol. The van der Waals surface area contributed by atoms with Gasteiger partial charge in [0.05, 0.1) is 19.1 Å². The summed E-state index contributed by atoms with van der Waals surface area (Å²) in [5.41, 5.74) is 6.83. The van der Waals surface area contributed by atoms with E-state index in [0.29, 0.717) is 19.0 Å². The van der Waals surface area contributed by atoms with Crippen molar-refractivity contribution in [2.45, 2.75) is 51.1 Å². The second-order valence-corrected chi connectivity index (χ2v) is 7.66. The minimum absolute atomic E-state index is 0. The Bertz CT molecular complexity index is 663. The van der Waals surface area contributed by atoms with Gasteiger partial charge in [0.25, 0.3) is 0 Å². The molecule has 2 fully saturated rings. The predicted octanol–water partition coefficient (Wildman–Crippen LogP) is 2.66. The molecule has 1 aromatic rings. The number of benzene rings is 1. The van der Waals surface area contributed by atoms with Crippen molar-refractivity contribution < 1.29 is 14.3 Å². The van der Waals surface area contributed by atoms with Crippen LogP contribution in [0, 0.1) is 11.8 Å². The van der Waals surface area contributed by atoms with E-state index in [1.165, 1.54) is 0 Å². The first-order chi connectivity index (χ1) is 13.1. The van der Waals surface area contributed by atoms with E-state index in [2.05, 4.69) is 12.2 Å². The maximum atomic E-state index is 13.0. The number of methoxy groups -OCH3 is 1. The maximum absolute atomic E-state index is 13.0. The molecule has 1 heterocycles. The van der Waals surface area contributed by atoms with Crippen molar-refractivity contribution in [1.29, 1.82) is 0 Å². The van der Waals surface area contributed by atoms with E-state index < -0.39 is 0 Å². The van der Waals surface area contributed by atoms with E-state index in [1.807, 2.05) is 29.2 Å². The zero-order chi connectivity index (χ0) is 19.4. The number of hydrogen-bond acceptors (Lipinski definition) is 4. The lowest BCUT2D eigenvalue weighted by Gasteiger charge is -2.29. The minimum atomic E-state index is -0.379. The van der Waals surface area contributed by atoms with Crippen LogP contribution in [0.4, 0.5) is 0 Å². The van der Waals surface area contributed by atoms with Gasteiger partial charge >= 0.3 is 0 Å². The average molecular weight is 410 g/mol. The zero-order valence-electron chi connectivity index (χ0n) is 16.7. The number of rotatable bonds is 9. The summed E-state index contributed by atoms with van der Waals surface area (Å²) < 4.78 is 5.25. The lowest BCUT2D eigenvalue weighted by molar-refractivity contribution is -0.129. The van der Waals surface area contributed by atoms with Crippen LogP contribution in [0.25, 0.3) is 0 Å². The van der Waals surface area contributed by atoms with Gasteiger partial charge in [-0.3, -0.25) is 9.59 Å². The Labute approximate surface area is 173 Å². The van der Waals surface area contributed by atoms with Crippen molar-refractivity contribution in [2.75, 3.05) is 20.2 Å². The highest BCUT2D eigenvalue weighted by Crippen LogP contribution is 2.40. The molecule has 2 aliphatic rings. The summed E-state index contributed by atoms with van der Waals surface area (Å²) in [6, 6.07) is 7.49. The molecule has 0 aromatic heterocycles. The Morgan fingerprint density at radius 3 is 2.54 bits per heavy atom. The van der Waals surface area contributed by atoms with Gasteiger partial charge in [0.2, 0.25) is 11.8 Å². The number of carbonyl (C=O) groups excluding carboxylic acids is 2. The van der Waals surface area contributed by atoms with Crippen LogP contribution in [-0.2, 0) is 9.59 Å². The van der Waals surface area contributed by atoms with Gasteiger partial charge in [-0.15, -0.1) is 12.4 Å². The molecule has 0 radical (unpaired) electrons. The number of nitrogens with two attached hydrogens (primary N) is 1. The summed E-state index contributed by atoms with van der Waals surface area (Å²) in [6.45, 7) is 3.23. The predicted molar refractivity (Wildman–Crippen MR) is 111 cm³/mol. The van der Waals surface area contributed by atoms with E-state index in [4.69, 9.17) is 10.5 Å². The molecule has 2 amide bonds. The SMILES string of the molecule is CCCCN1C(=O)CC(C(=O)NC(CN)C2CC2)C1c1ccc(OC)cc1.Cl. The quantitative estimate of drug-likeness (QED) is 0.656. The number of ether oxygens (including phenoxy) is 1. The summed E-state index contributed by atoms with van der Waals surface area (Å²) in [5.74, 6) is 0.883. The lowest BCUT2D eigenvalue weighted by atomic mass is 9.92. The third kappa shape index (κ3) is 4.97. The van der Waals surface area contributed by atoms with Gasteiger partial charge in [0.15, 0.2) is 0 Å². The monoisotopic (exact) mass is 409 g/mol. The van der Waals surface area contributed by atoms with Crippen LogP contribution in [0.2, 0.25) is 0 Å². The molecule has 1 aliphatic heterocycles. The third-order valence-electron chi connectivity index (χ3n) is 5.75. The van der Waals surface area contributed by atoms with Crippen LogP contribution in [-0.4, -0.2) is 43.0 Å². The molecule has 1 aliphatic carbocycles. The van der Waals surface area contributed by atoms with Crippen molar-refractivity contribution in [2.24, 2.45) is 17.6 Å². The van der Waals surface area contributed by atoms with Crippen molar-refractivity contribution in [1.82, 2.24) is 10.2 Å². The van der Waals surface area contributed by atoms with E-state index in [9.17, 15) is 9.59 Å². The number of unbranched alkanes of at least 4 members (excludes halogenated alkanes) is 1. The van der Waals surface area contributed by atoms with Crippen LogP contribution in [0.3, 0.4) is 0 Å². The summed E-state index contributed by atoms with van der Waals surface area (Å²) in [5, 5.41) is 3.12. The summed E-state index contributed by atoms with van der Waals surface area (Å²) in [6.07, 6.45) is 4.44. The fourth-order valence-corrected chi connectivity index (χ4v) is 3.99. The van der Waals surface area contributed by atoms with E-state index in [0.717, 1.165) is 37.0 Å². The fraction of sp³-hybridized carbons (Fsp3) is 0.619. The number of hydrogen-bond donors (Lipinski definition) is 2. The Hall–Kier alpha value is -1.79. The Morgan fingerprint density at radius 1 is 1.32 bits per heavy atom. The van der Waals surface area contributed by atoms with E-state index in [1.54, 1.807) is 7.11 Å². The van der Waals surface area contributed by atoms with Crippen LogP contribution in [0.5, 0.6) is 5.75 Å². The molecule has 0 spiro atoms. The molecule has 1 aromatic carbocycles. The summed E-state index contributed by atoms with van der Waals surface area (Å²) in [7, 11) is 1.63. The van der Waals surface area contributed by atoms with E-state index in [-0.39, 0.29) is 48.6 Å². The average Bonchev–Trinajstić information content (AvgIpc) is 3.48. The highest BCUT2D eigenvalue weighted by Gasteiger charge is 2.45. The normalized spacial score (nSPS) is 22.5. The van der Waals surface area contributed by atoms with Crippen molar-refractivity contribution in [3.05, 3.63) is 29.8 Å². The van der Waals surface area contributed by atoms with E-state index >= 15 is 0 Å². The van der Waals surface area contributed by atoms with Crippen LogP contribution < -0.4 is 15.8 Å². The minimum Gasteiger partial charge on any atom is -0.497 e. The Kier molecular flexibility index (Phi) is 8.13. The number of likely N-dealkylation sites (tertiary alicyclic amines) is 1. The molecule has 6 nitrogen and oxygen atoms in total. The van der Waals surface area contributed by atoms with Crippen molar-refractivity contribution in [3.63, 3.8) is 0 Å². The number of carbonyl (C=O) groups is 2. The standard InChI is InChI=1S/C21H31N3O3.ClH/c1-3-4-11-24-19(25)12-17(21(26)23-18(13-22)14-5-6-14)20(24)15-7-9-16(27-2)10-8-15;/h7-10,14,17-18,20H,3-6,11-13,22H2,1-2H3,(H,23,26);1H. The molecule has 28 heavy (non-hydrogen) atoms. The first-order valence-corrected chi connectivity index (χ1v) is 10.0. The van der Waals surface area contributed by atoms with Crippen LogP contribution in [0.15, 0.2) is 24.3 Å². The highest BCUT2D eigenvalue weighted by atomic mass is 35.5. The first kappa shape index (κ1) is 22.5. The number of amides is 2. The Balaban J connectivity index is 0.00000280. The van der Waals surface area contributed by atoms with Crippen LogP contribution >= 0.6 is 12.4 Å². The zero-order valence-corrected chi connectivity index (χ0v) is 17.5. The molecule has 3 atom stereocenters. The smallest absolute Gasteiger partial charge is 0.226 e. The topological polar surface area (TPSA) is 84.7 Å². The van der Waals surface area contributed by atoms with Gasteiger partial charge in [-0.2, -0.15) is 0 Å². The number of nitrogens with zero attached hydrogens (tertiary/aromatic N) is 1. The van der Waals surface area contributed by atoms with Crippen LogP contribution in [0.1, 0.15) is 50.6 Å². The van der Waals surface area contributed by atoms with Gasteiger partial charge in [0, 0.05) is 25.6 Å². The molecular formula is C21H32ClN3O3. The van der Waals surface area contributed by atoms with Crippen molar-refractivity contribution >= 4 is 24.2 Å². The number of nitrogens with one attached hydrogen (secondary N) is 1. The third-order valence-corrected chi connectivity index (χ3v) is 5.75. The molecule has 1 saturated carbocycles. The number of halogens is 1. The van der Waals surface area contributed by atoms with Gasteiger partial charge < -0.3 is 20.7 Å². The lowest BCUT2D eigenvalue weighted by Crippen LogP contribution is -2.45. The highest BCUT2D eigenvalue weighted by molar-refractivity contribution is 5.90. The molecule has 7 heteroatoms. The molecule has 156 valence electrons. The largest absolute Gasteiger partial charge is 0.497 e. The maximum Gasteiger partial charge on any atom is 0.226 e.